The summed E-state index contributed by atoms with van der Waals surface area (Å²) in [5, 5.41) is 16.4. The summed E-state index contributed by atoms with van der Waals surface area (Å²) in [5.74, 6) is -1.53. The van der Waals surface area contributed by atoms with Crippen molar-refractivity contribution < 1.29 is 14.3 Å². The average molecular weight is 482 g/mol. The summed E-state index contributed by atoms with van der Waals surface area (Å²) in [6, 6.07) is 14.4. The quantitative estimate of drug-likeness (QED) is 0.294. The average Bonchev–Trinajstić information content (AvgIpc) is 3.17. The van der Waals surface area contributed by atoms with Crippen molar-refractivity contribution in [2.75, 3.05) is 0 Å². The zero-order valence-corrected chi connectivity index (χ0v) is 19.0. The Hall–Kier alpha value is -3.48. The number of allylic oxidation sites excluding steroid dienone is 1. The molecule has 2 aromatic heterocycles. The molecule has 2 aromatic carbocycles. The third-order valence-electron chi connectivity index (χ3n) is 5.16. The van der Waals surface area contributed by atoms with Gasteiger partial charge in [0, 0.05) is 12.3 Å². The molecule has 0 aliphatic carbocycles. The normalized spacial score (nSPS) is 12.4. The molecule has 0 saturated carbocycles. The number of aliphatic carboxylic acids is 1. The number of nitrogens with one attached hydrogen (secondary N) is 1. The molecule has 2 N–H and O–H groups in total. The van der Waals surface area contributed by atoms with Gasteiger partial charge in [-0.3, -0.25) is 10.1 Å². The molecule has 0 unspecified atom stereocenters. The number of hydrogen-bond donors (Lipinski definition) is 2. The van der Waals surface area contributed by atoms with Gasteiger partial charge in [-0.2, -0.15) is 9.49 Å². The molecule has 0 atom stereocenters. The molecule has 4 rings (SSSR count). The Morgan fingerprint density at radius 2 is 1.85 bits per heavy atom. The highest BCUT2D eigenvalue weighted by Crippen LogP contribution is 2.37. The number of pyridine rings is 1. The van der Waals surface area contributed by atoms with Crippen molar-refractivity contribution in [3.63, 3.8) is 0 Å². The summed E-state index contributed by atoms with van der Waals surface area (Å²) >= 11 is 12.6. The Morgan fingerprint density at radius 1 is 1.12 bits per heavy atom. The largest absolute Gasteiger partial charge is 0.478 e. The number of carboxylic acid groups (broad SMARTS) is 1. The second-order valence-corrected chi connectivity index (χ2v) is 8.10. The fourth-order valence-electron chi connectivity index (χ4n) is 3.68. The van der Waals surface area contributed by atoms with E-state index in [-0.39, 0.29) is 0 Å². The predicted molar refractivity (Wildman–Crippen MR) is 130 cm³/mol. The van der Waals surface area contributed by atoms with Crippen LogP contribution in [0.25, 0.3) is 28.1 Å². The highest BCUT2D eigenvalue weighted by Gasteiger charge is 2.18. The van der Waals surface area contributed by atoms with Gasteiger partial charge in [0.15, 0.2) is 0 Å². The number of benzene rings is 2. The lowest BCUT2D eigenvalue weighted by atomic mass is 9.89. The van der Waals surface area contributed by atoms with Crippen molar-refractivity contribution in [3.05, 3.63) is 99.2 Å². The fraction of sp³-hybridized carbons (Fsp3) is 0.0800. The van der Waals surface area contributed by atoms with E-state index < -0.39 is 11.9 Å². The lowest BCUT2D eigenvalue weighted by Gasteiger charge is -2.17. The van der Waals surface area contributed by atoms with Crippen molar-refractivity contribution in [3.8, 4) is 0 Å². The maximum Gasteiger partial charge on any atom is 0.328 e. The van der Waals surface area contributed by atoms with Crippen LogP contribution in [0.1, 0.15) is 35.7 Å². The number of carbonyl (C=O) groups is 1. The number of fused-ring (bicyclic) bond motifs is 1. The van der Waals surface area contributed by atoms with E-state index in [1.54, 1.807) is 18.2 Å². The second-order valence-electron chi connectivity index (χ2n) is 7.25. The summed E-state index contributed by atoms with van der Waals surface area (Å²) in [6.45, 7) is 1.99. The van der Waals surface area contributed by atoms with Gasteiger partial charge >= 0.3 is 5.97 Å². The lowest BCUT2D eigenvalue weighted by Crippen LogP contribution is -1.98. The van der Waals surface area contributed by atoms with Crippen molar-refractivity contribution in [2.45, 2.75) is 13.3 Å². The Kier molecular flexibility index (Phi) is 6.58. The summed E-state index contributed by atoms with van der Waals surface area (Å²) in [6.07, 6.45) is 4.72. The monoisotopic (exact) mass is 481 g/mol. The molecule has 4 aromatic rings. The molecular weight excluding hydrogens is 464 g/mol. The van der Waals surface area contributed by atoms with Crippen LogP contribution in [-0.2, 0) is 4.79 Å². The van der Waals surface area contributed by atoms with Crippen molar-refractivity contribution in [1.82, 2.24) is 15.2 Å². The van der Waals surface area contributed by atoms with Gasteiger partial charge in [-0.25, -0.2) is 4.79 Å². The Bertz CT molecular complexity index is 1410. The number of rotatable bonds is 6. The molecule has 5 nitrogen and oxygen atoms in total. The number of carboxylic acids is 1. The minimum absolute atomic E-state index is 0.372. The van der Waals surface area contributed by atoms with Gasteiger partial charge in [-0.15, -0.1) is 0 Å². The second kappa shape index (κ2) is 9.57. The van der Waals surface area contributed by atoms with E-state index in [0.717, 1.165) is 33.9 Å². The van der Waals surface area contributed by atoms with Gasteiger partial charge < -0.3 is 5.11 Å². The molecule has 0 bridgehead atoms. The van der Waals surface area contributed by atoms with Gasteiger partial charge in [0.2, 0.25) is 5.95 Å². The van der Waals surface area contributed by atoms with Crippen molar-refractivity contribution >= 4 is 57.3 Å². The molecule has 0 radical (unpaired) electrons. The molecule has 0 amide bonds. The first kappa shape index (κ1) is 22.7. The fourth-order valence-corrected chi connectivity index (χ4v) is 4.17. The summed E-state index contributed by atoms with van der Waals surface area (Å²) < 4.78 is 14.3. The number of hydrogen-bond acceptors (Lipinski definition) is 3. The maximum atomic E-state index is 14.3. The predicted octanol–water partition coefficient (Wildman–Crippen LogP) is 6.87. The first-order valence-corrected chi connectivity index (χ1v) is 10.8. The maximum absolute atomic E-state index is 14.3. The molecule has 0 saturated heterocycles. The van der Waals surface area contributed by atoms with Gasteiger partial charge in [0.05, 0.1) is 26.6 Å². The third kappa shape index (κ3) is 4.82. The van der Waals surface area contributed by atoms with Crippen molar-refractivity contribution in [1.29, 1.82) is 0 Å². The molecule has 8 heteroatoms. The lowest BCUT2D eigenvalue weighted by molar-refractivity contribution is -0.131. The van der Waals surface area contributed by atoms with Crippen LogP contribution in [0.3, 0.4) is 0 Å². The van der Waals surface area contributed by atoms with Gasteiger partial charge in [0.25, 0.3) is 0 Å². The van der Waals surface area contributed by atoms with Crippen LogP contribution in [0.5, 0.6) is 0 Å². The molecule has 166 valence electrons. The highest BCUT2D eigenvalue weighted by molar-refractivity contribution is 6.35. The standard InChI is InChI=1S/C25H18Cl2FN3O2/c1-2-18(24-20(27)12-17(26)13-29-24)23(15-6-3-14(4-7-15)5-10-22(32)33)16-8-9-21-19(11-16)25(28)31-30-21/h3-13H,2H2,1H3,(H,30,31)(H,32,33)/b10-5+,23-18+. The van der Waals surface area contributed by atoms with Gasteiger partial charge in [-0.1, -0.05) is 60.5 Å². The van der Waals surface area contributed by atoms with Crippen LogP contribution in [0.15, 0.2) is 60.8 Å². The van der Waals surface area contributed by atoms with Gasteiger partial charge in [-0.05, 0) is 58.5 Å². The summed E-state index contributed by atoms with van der Waals surface area (Å²) in [4.78, 5) is 15.3. The van der Waals surface area contributed by atoms with Crippen LogP contribution in [0.4, 0.5) is 4.39 Å². The first-order chi connectivity index (χ1) is 15.9. The molecule has 0 fully saturated rings. The number of aromatic nitrogens is 3. The molecular formula is C25H18Cl2FN3O2. The van der Waals surface area contributed by atoms with E-state index in [9.17, 15) is 9.18 Å². The van der Waals surface area contributed by atoms with Crippen LogP contribution in [-0.4, -0.2) is 26.3 Å². The Labute approximate surface area is 199 Å². The van der Waals surface area contributed by atoms with Crippen LogP contribution < -0.4 is 0 Å². The molecule has 0 aliphatic heterocycles. The Balaban J connectivity index is 1.95. The number of aromatic amines is 1. The zero-order valence-electron chi connectivity index (χ0n) is 17.4. The summed E-state index contributed by atoms with van der Waals surface area (Å²) in [7, 11) is 0. The Morgan fingerprint density at radius 3 is 2.52 bits per heavy atom. The van der Waals surface area contributed by atoms with Crippen LogP contribution in [0, 0.1) is 5.95 Å². The highest BCUT2D eigenvalue weighted by atomic mass is 35.5. The SMILES string of the molecule is CC/C(=C(/c1ccc(/C=C/C(=O)O)cc1)c1ccc2n[nH]c(F)c2c1)c1ncc(Cl)cc1Cl. The van der Waals surface area contributed by atoms with E-state index in [0.29, 0.717) is 33.1 Å². The van der Waals surface area contributed by atoms with E-state index in [1.165, 1.54) is 12.3 Å². The van der Waals surface area contributed by atoms with E-state index in [4.69, 9.17) is 28.3 Å². The van der Waals surface area contributed by atoms with E-state index in [2.05, 4.69) is 15.2 Å². The number of halogens is 3. The topological polar surface area (TPSA) is 78.9 Å². The van der Waals surface area contributed by atoms with Crippen LogP contribution in [0.2, 0.25) is 10.0 Å². The third-order valence-corrected chi connectivity index (χ3v) is 5.66. The molecule has 0 aliphatic rings. The minimum atomic E-state index is -1.02. The number of nitrogens with zero attached hydrogens (tertiary/aromatic N) is 2. The molecule has 2 heterocycles. The smallest absolute Gasteiger partial charge is 0.328 e. The summed E-state index contributed by atoms with van der Waals surface area (Å²) in [5.41, 5.74) is 5.13. The van der Waals surface area contributed by atoms with Crippen molar-refractivity contribution in [2.24, 2.45) is 0 Å². The van der Waals surface area contributed by atoms with E-state index >= 15 is 0 Å². The van der Waals surface area contributed by atoms with Gasteiger partial charge in [0.1, 0.15) is 0 Å². The molecule has 0 spiro atoms. The first-order valence-electron chi connectivity index (χ1n) is 10.1. The minimum Gasteiger partial charge on any atom is -0.478 e. The van der Waals surface area contributed by atoms with E-state index in [1.807, 2.05) is 37.3 Å². The molecule has 33 heavy (non-hydrogen) atoms. The number of H-pyrrole nitrogens is 1. The van der Waals surface area contributed by atoms with Crippen LogP contribution >= 0.6 is 23.2 Å². The zero-order chi connectivity index (χ0) is 23.5.